The second-order valence-electron chi connectivity index (χ2n) is 9.04. The molecule has 2 saturated heterocycles. The number of nitrogens with one attached hydrogen (secondary N) is 1. The van der Waals surface area contributed by atoms with Gasteiger partial charge in [-0.05, 0) is 38.8 Å². The standard InChI is InChI=1S/C23H25N3O8/c1-23(2)33-16-15(11-27)32-21(17(16)34-23)26-10-12(18(28)24-22(26)31)6-5-9-25-19(29)13-7-3-4-8-14(13)20(25)30/h3-4,7-8,10,15-17,21,27H,5-6,9,11H2,1-2H3,(H,24,28,31)/t15-,16?,17?,21-/m1/s1. The molecule has 0 bridgehead atoms. The number of carbonyl (C=O) groups excluding carboxylic acids is 2. The maximum atomic E-state index is 12.6. The van der Waals surface area contributed by atoms with E-state index in [9.17, 15) is 24.3 Å². The highest BCUT2D eigenvalue weighted by Crippen LogP contribution is 2.42. The number of aromatic nitrogens is 2. The molecule has 3 aliphatic rings. The average molecular weight is 471 g/mol. The van der Waals surface area contributed by atoms with Crippen LogP contribution in [0.1, 0.15) is 52.8 Å². The summed E-state index contributed by atoms with van der Waals surface area (Å²) in [6.07, 6.45) is -0.856. The molecule has 0 saturated carbocycles. The first-order chi connectivity index (χ1) is 16.2. The number of imide groups is 1. The van der Waals surface area contributed by atoms with E-state index in [2.05, 4.69) is 4.98 Å². The predicted octanol–water partition coefficient (Wildman–Crippen LogP) is 0.175. The molecule has 2 aromatic rings. The zero-order valence-electron chi connectivity index (χ0n) is 18.7. The van der Waals surface area contributed by atoms with Crippen molar-refractivity contribution in [3.8, 4) is 0 Å². The van der Waals surface area contributed by atoms with Crippen LogP contribution in [0.4, 0.5) is 0 Å². The zero-order valence-corrected chi connectivity index (χ0v) is 18.7. The van der Waals surface area contributed by atoms with Crippen LogP contribution in [-0.4, -0.2) is 68.6 Å². The number of hydrogen-bond donors (Lipinski definition) is 2. The van der Waals surface area contributed by atoms with Gasteiger partial charge < -0.3 is 19.3 Å². The Bertz CT molecular complexity index is 1230. The number of H-pyrrole nitrogens is 1. The number of ether oxygens (including phenoxy) is 3. The summed E-state index contributed by atoms with van der Waals surface area (Å²) in [5, 5.41) is 9.68. The number of aromatic amines is 1. The molecular weight excluding hydrogens is 446 g/mol. The molecule has 4 heterocycles. The van der Waals surface area contributed by atoms with Gasteiger partial charge in [0.15, 0.2) is 12.0 Å². The Labute approximate surface area is 193 Å². The maximum Gasteiger partial charge on any atom is 0.330 e. The summed E-state index contributed by atoms with van der Waals surface area (Å²) in [7, 11) is 0. The van der Waals surface area contributed by atoms with Crippen LogP contribution < -0.4 is 11.2 Å². The lowest BCUT2D eigenvalue weighted by atomic mass is 10.1. The van der Waals surface area contributed by atoms with E-state index < -0.39 is 41.6 Å². The molecule has 3 aliphatic heterocycles. The number of aliphatic hydroxyl groups excluding tert-OH is 1. The highest BCUT2D eigenvalue weighted by molar-refractivity contribution is 6.21. The molecule has 4 atom stereocenters. The fourth-order valence-electron chi connectivity index (χ4n) is 4.79. The summed E-state index contributed by atoms with van der Waals surface area (Å²) in [6.45, 7) is 3.28. The Morgan fingerprint density at radius 1 is 1.03 bits per heavy atom. The number of hydrogen-bond acceptors (Lipinski definition) is 8. The first-order valence-electron chi connectivity index (χ1n) is 11.1. The molecule has 11 nitrogen and oxygen atoms in total. The molecule has 2 amide bonds. The van der Waals surface area contributed by atoms with Crippen LogP contribution >= 0.6 is 0 Å². The lowest BCUT2D eigenvalue weighted by Crippen LogP contribution is -2.39. The summed E-state index contributed by atoms with van der Waals surface area (Å²) >= 11 is 0. The van der Waals surface area contributed by atoms with Crippen LogP contribution in [0, 0.1) is 0 Å². The second kappa shape index (κ2) is 8.27. The summed E-state index contributed by atoms with van der Waals surface area (Å²) in [5.41, 5.74) is -0.202. The van der Waals surface area contributed by atoms with E-state index in [0.29, 0.717) is 23.1 Å². The average Bonchev–Trinajstić information content (AvgIpc) is 3.37. The first kappa shape index (κ1) is 22.7. The van der Waals surface area contributed by atoms with Crippen molar-refractivity contribution in [1.82, 2.24) is 14.5 Å². The van der Waals surface area contributed by atoms with Gasteiger partial charge in [-0.1, -0.05) is 12.1 Å². The van der Waals surface area contributed by atoms with Crippen molar-refractivity contribution in [2.24, 2.45) is 0 Å². The Morgan fingerprint density at radius 2 is 1.68 bits per heavy atom. The van der Waals surface area contributed by atoms with E-state index in [4.69, 9.17) is 14.2 Å². The van der Waals surface area contributed by atoms with Crippen molar-refractivity contribution in [1.29, 1.82) is 0 Å². The van der Waals surface area contributed by atoms with Crippen molar-refractivity contribution in [3.05, 3.63) is 68.0 Å². The third-order valence-electron chi connectivity index (χ3n) is 6.33. The van der Waals surface area contributed by atoms with Crippen LogP contribution in [0.5, 0.6) is 0 Å². The van der Waals surface area contributed by atoms with Gasteiger partial charge in [-0.3, -0.25) is 28.8 Å². The predicted molar refractivity (Wildman–Crippen MR) is 116 cm³/mol. The van der Waals surface area contributed by atoms with Crippen molar-refractivity contribution < 1.29 is 28.9 Å². The van der Waals surface area contributed by atoms with Crippen molar-refractivity contribution in [3.63, 3.8) is 0 Å². The Hall–Kier alpha value is -3.12. The minimum Gasteiger partial charge on any atom is -0.394 e. The van der Waals surface area contributed by atoms with Crippen molar-refractivity contribution >= 4 is 11.8 Å². The van der Waals surface area contributed by atoms with Gasteiger partial charge in [-0.15, -0.1) is 0 Å². The molecule has 2 unspecified atom stereocenters. The van der Waals surface area contributed by atoms with Gasteiger partial charge in [0.25, 0.3) is 17.4 Å². The van der Waals surface area contributed by atoms with Crippen LogP contribution in [0.25, 0.3) is 0 Å². The summed E-state index contributed by atoms with van der Waals surface area (Å²) in [5.74, 6) is -1.63. The first-order valence-corrected chi connectivity index (χ1v) is 11.1. The third kappa shape index (κ3) is 3.70. The molecule has 11 heteroatoms. The molecule has 180 valence electrons. The molecule has 1 aromatic heterocycles. The quantitative estimate of drug-likeness (QED) is 0.569. The Kier molecular flexibility index (Phi) is 5.52. The number of fused-ring (bicyclic) bond motifs is 2. The highest BCUT2D eigenvalue weighted by atomic mass is 16.8. The number of rotatable bonds is 6. The van der Waals surface area contributed by atoms with Gasteiger partial charge in [-0.2, -0.15) is 0 Å². The zero-order chi connectivity index (χ0) is 24.2. The highest BCUT2D eigenvalue weighted by Gasteiger charge is 2.56. The number of amides is 2. The number of benzene rings is 1. The fraction of sp³-hybridized carbons (Fsp3) is 0.478. The van der Waals surface area contributed by atoms with Crippen LogP contribution in [-0.2, 0) is 20.6 Å². The smallest absolute Gasteiger partial charge is 0.330 e. The maximum absolute atomic E-state index is 12.6. The topological polar surface area (TPSA) is 140 Å². The van der Waals surface area contributed by atoms with Gasteiger partial charge >= 0.3 is 5.69 Å². The van der Waals surface area contributed by atoms with Crippen molar-refractivity contribution in [2.75, 3.05) is 13.2 Å². The van der Waals surface area contributed by atoms with Crippen LogP contribution in [0.3, 0.4) is 0 Å². The molecular formula is C23H25N3O8. The van der Waals surface area contributed by atoms with E-state index in [-0.39, 0.29) is 31.4 Å². The van der Waals surface area contributed by atoms with E-state index in [1.165, 1.54) is 10.8 Å². The number of aryl methyl sites for hydroxylation is 1. The minimum atomic E-state index is -0.911. The van der Waals surface area contributed by atoms with E-state index in [0.717, 1.165) is 4.90 Å². The fourth-order valence-corrected chi connectivity index (χ4v) is 4.79. The molecule has 0 radical (unpaired) electrons. The number of nitrogens with zero attached hydrogens (tertiary/aromatic N) is 2. The number of carbonyl (C=O) groups is 2. The van der Waals surface area contributed by atoms with Crippen LogP contribution in [0.2, 0.25) is 0 Å². The molecule has 0 aliphatic carbocycles. The molecule has 0 spiro atoms. The molecule has 1 aromatic carbocycles. The van der Waals surface area contributed by atoms with Gasteiger partial charge in [0.1, 0.15) is 18.3 Å². The van der Waals surface area contributed by atoms with E-state index in [1.807, 2.05) is 0 Å². The second-order valence-corrected chi connectivity index (χ2v) is 9.04. The van der Waals surface area contributed by atoms with Crippen LogP contribution in [0.15, 0.2) is 40.1 Å². The largest absolute Gasteiger partial charge is 0.394 e. The van der Waals surface area contributed by atoms with Crippen molar-refractivity contribution in [2.45, 2.75) is 57.0 Å². The number of aliphatic hydroxyl groups is 1. The Morgan fingerprint density at radius 3 is 2.32 bits per heavy atom. The van der Waals surface area contributed by atoms with E-state index >= 15 is 0 Å². The SMILES string of the molecule is CC1(C)OC2C(O1)[C@@H](CO)O[C@H]2n1cc(CCCN2C(=O)c3ccccc3C2=O)c(=O)[nH]c1=O. The van der Waals surface area contributed by atoms with Gasteiger partial charge in [0.05, 0.1) is 17.7 Å². The minimum absolute atomic E-state index is 0.132. The van der Waals surface area contributed by atoms with E-state index in [1.54, 1.807) is 38.1 Å². The molecule has 34 heavy (non-hydrogen) atoms. The molecule has 2 fully saturated rings. The Balaban J connectivity index is 1.33. The monoisotopic (exact) mass is 471 g/mol. The normalized spacial score (nSPS) is 27.3. The summed E-state index contributed by atoms with van der Waals surface area (Å²) in [6, 6.07) is 6.63. The van der Waals surface area contributed by atoms with Gasteiger partial charge in [0, 0.05) is 18.3 Å². The lowest BCUT2D eigenvalue weighted by Gasteiger charge is -2.24. The molecule has 2 N–H and O–H groups in total. The van der Waals surface area contributed by atoms with Gasteiger partial charge in [0.2, 0.25) is 0 Å². The van der Waals surface area contributed by atoms with Gasteiger partial charge in [-0.25, -0.2) is 4.79 Å². The lowest BCUT2D eigenvalue weighted by molar-refractivity contribution is -0.200. The summed E-state index contributed by atoms with van der Waals surface area (Å²) in [4.78, 5) is 53.6. The third-order valence-corrected chi connectivity index (χ3v) is 6.33. The summed E-state index contributed by atoms with van der Waals surface area (Å²) < 4.78 is 18.8. The molecule has 5 rings (SSSR count).